The highest BCUT2D eigenvalue weighted by molar-refractivity contribution is 6.31. The number of rotatable bonds is 2. The first-order valence-corrected chi connectivity index (χ1v) is 9.18. The van der Waals surface area contributed by atoms with E-state index in [9.17, 15) is 9.59 Å². The van der Waals surface area contributed by atoms with E-state index in [1.807, 2.05) is 37.3 Å². The molecular formula is C20H20Cl2N4O2. The van der Waals surface area contributed by atoms with Gasteiger partial charge < -0.3 is 10.2 Å². The molecule has 0 bridgehead atoms. The van der Waals surface area contributed by atoms with Crippen molar-refractivity contribution in [1.82, 2.24) is 19.6 Å². The van der Waals surface area contributed by atoms with Crippen molar-refractivity contribution in [2.45, 2.75) is 13.0 Å². The van der Waals surface area contributed by atoms with Crippen LogP contribution in [-0.4, -0.2) is 39.8 Å². The van der Waals surface area contributed by atoms with Gasteiger partial charge in [0.25, 0.3) is 11.5 Å². The van der Waals surface area contributed by atoms with Gasteiger partial charge in [-0.1, -0.05) is 35.9 Å². The molecule has 1 amide bonds. The summed E-state index contributed by atoms with van der Waals surface area (Å²) in [6.07, 6.45) is 3.08. The van der Waals surface area contributed by atoms with Crippen LogP contribution in [0, 0.1) is 6.92 Å². The summed E-state index contributed by atoms with van der Waals surface area (Å²) in [4.78, 5) is 32.1. The van der Waals surface area contributed by atoms with Gasteiger partial charge in [-0.05, 0) is 30.2 Å². The van der Waals surface area contributed by atoms with E-state index < -0.39 is 0 Å². The summed E-state index contributed by atoms with van der Waals surface area (Å²) >= 11 is 6.36. The number of amides is 1. The van der Waals surface area contributed by atoms with E-state index in [0.717, 1.165) is 11.1 Å². The lowest BCUT2D eigenvalue weighted by Crippen LogP contribution is -2.49. The quantitative estimate of drug-likeness (QED) is 0.694. The molecule has 1 aromatic carbocycles. The number of nitrogens with zero attached hydrogens (tertiary/aromatic N) is 3. The Labute approximate surface area is 173 Å². The number of benzene rings is 1. The predicted octanol–water partition coefficient (Wildman–Crippen LogP) is 2.86. The minimum Gasteiger partial charge on any atom is -0.329 e. The third kappa shape index (κ3) is 3.63. The van der Waals surface area contributed by atoms with Crippen molar-refractivity contribution in [3.63, 3.8) is 0 Å². The summed E-state index contributed by atoms with van der Waals surface area (Å²) in [5, 5.41) is 3.90. The molecule has 1 aliphatic heterocycles. The third-order valence-electron chi connectivity index (χ3n) is 4.85. The number of fused-ring (bicyclic) bond motifs is 1. The van der Waals surface area contributed by atoms with Gasteiger partial charge in [-0.15, -0.1) is 12.4 Å². The van der Waals surface area contributed by atoms with Gasteiger partial charge in [-0.2, -0.15) is 0 Å². The average Bonchev–Trinajstić information content (AvgIpc) is 2.69. The summed E-state index contributed by atoms with van der Waals surface area (Å²) in [5.74, 6) is -0.324. The maximum absolute atomic E-state index is 13.2. The number of carbonyl (C=O) groups excluding carboxylic acids is 1. The van der Waals surface area contributed by atoms with Crippen molar-refractivity contribution >= 4 is 35.6 Å². The molecule has 0 radical (unpaired) electrons. The number of hydrogen-bond acceptors (Lipinski definition) is 4. The zero-order chi connectivity index (χ0) is 19.0. The molecule has 4 rings (SSSR count). The van der Waals surface area contributed by atoms with E-state index in [1.165, 1.54) is 10.6 Å². The van der Waals surface area contributed by atoms with Crippen LogP contribution < -0.4 is 10.9 Å². The molecule has 1 N–H and O–H groups in total. The van der Waals surface area contributed by atoms with E-state index in [4.69, 9.17) is 11.6 Å². The molecule has 28 heavy (non-hydrogen) atoms. The maximum atomic E-state index is 13.2. The number of nitrogens with one attached hydrogen (secondary N) is 1. The van der Waals surface area contributed by atoms with Crippen molar-refractivity contribution in [2.24, 2.45) is 0 Å². The molecule has 1 fully saturated rings. The monoisotopic (exact) mass is 418 g/mol. The number of aryl methyl sites for hydroxylation is 1. The predicted molar refractivity (Wildman–Crippen MR) is 112 cm³/mol. The van der Waals surface area contributed by atoms with Crippen LogP contribution in [0.5, 0.6) is 0 Å². The van der Waals surface area contributed by atoms with Gasteiger partial charge in [0.05, 0.1) is 6.04 Å². The van der Waals surface area contributed by atoms with Crippen LogP contribution in [0.3, 0.4) is 0 Å². The van der Waals surface area contributed by atoms with E-state index >= 15 is 0 Å². The molecular weight excluding hydrogens is 399 g/mol. The zero-order valence-corrected chi connectivity index (χ0v) is 16.8. The Morgan fingerprint density at radius 3 is 2.82 bits per heavy atom. The SMILES string of the molecule is Cc1ccc2ncc(C(=O)N3CCNCC3c3ccccc3Cl)c(=O)n2c1.Cl. The number of carbonyl (C=O) groups is 1. The second kappa shape index (κ2) is 8.31. The second-order valence-electron chi connectivity index (χ2n) is 6.65. The summed E-state index contributed by atoms with van der Waals surface area (Å²) in [7, 11) is 0. The lowest BCUT2D eigenvalue weighted by Gasteiger charge is -2.36. The zero-order valence-electron chi connectivity index (χ0n) is 15.3. The highest BCUT2D eigenvalue weighted by atomic mass is 35.5. The fourth-order valence-electron chi connectivity index (χ4n) is 3.45. The highest BCUT2D eigenvalue weighted by Gasteiger charge is 2.31. The van der Waals surface area contributed by atoms with Crippen molar-refractivity contribution in [3.8, 4) is 0 Å². The molecule has 1 atom stereocenters. The minimum absolute atomic E-state index is 0. The largest absolute Gasteiger partial charge is 0.329 e. The van der Waals surface area contributed by atoms with Gasteiger partial charge in [-0.25, -0.2) is 4.98 Å². The lowest BCUT2D eigenvalue weighted by molar-refractivity contribution is 0.0632. The molecule has 3 aromatic rings. The maximum Gasteiger partial charge on any atom is 0.270 e. The Balaban J connectivity index is 0.00000225. The van der Waals surface area contributed by atoms with E-state index in [2.05, 4.69) is 10.3 Å². The lowest BCUT2D eigenvalue weighted by atomic mass is 10.0. The summed E-state index contributed by atoms with van der Waals surface area (Å²) in [6.45, 7) is 3.62. The van der Waals surface area contributed by atoms with Crippen LogP contribution in [-0.2, 0) is 0 Å². The van der Waals surface area contributed by atoms with Gasteiger partial charge >= 0.3 is 0 Å². The Kier molecular flexibility index (Phi) is 6.03. The molecule has 0 spiro atoms. The Morgan fingerprint density at radius 1 is 1.25 bits per heavy atom. The standard InChI is InChI=1S/C20H19ClN4O2.ClH/c1-13-6-7-18-23-10-15(20(27)25(18)12-13)19(26)24-9-8-22-11-17(24)14-4-2-3-5-16(14)21;/h2-7,10,12,17,22H,8-9,11H2,1H3;1H. The molecule has 0 saturated carbocycles. The molecule has 2 aromatic heterocycles. The summed E-state index contributed by atoms with van der Waals surface area (Å²) < 4.78 is 1.43. The van der Waals surface area contributed by atoms with Gasteiger partial charge in [0, 0.05) is 37.1 Å². The number of hydrogen-bond donors (Lipinski definition) is 1. The van der Waals surface area contributed by atoms with Gasteiger partial charge in [0.1, 0.15) is 11.2 Å². The molecule has 3 heterocycles. The fourth-order valence-corrected chi connectivity index (χ4v) is 3.72. The van der Waals surface area contributed by atoms with Crippen LogP contribution in [0.4, 0.5) is 0 Å². The summed E-state index contributed by atoms with van der Waals surface area (Å²) in [6, 6.07) is 10.9. The molecule has 1 aliphatic rings. The van der Waals surface area contributed by atoms with Gasteiger partial charge in [0.2, 0.25) is 0 Å². The average molecular weight is 419 g/mol. The Morgan fingerprint density at radius 2 is 2.04 bits per heavy atom. The van der Waals surface area contributed by atoms with Crippen LogP contribution in [0.15, 0.2) is 53.6 Å². The van der Waals surface area contributed by atoms with E-state index in [-0.39, 0.29) is 35.5 Å². The van der Waals surface area contributed by atoms with Crippen molar-refractivity contribution in [1.29, 1.82) is 0 Å². The van der Waals surface area contributed by atoms with E-state index in [0.29, 0.717) is 30.3 Å². The molecule has 0 aliphatic carbocycles. The fraction of sp³-hybridized carbons (Fsp3) is 0.250. The van der Waals surface area contributed by atoms with E-state index in [1.54, 1.807) is 17.2 Å². The topological polar surface area (TPSA) is 66.7 Å². The first-order valence-electron chi connectivity index (χ1n) is 8.80. The minimum atomic E-state index is -0.356. The molecule has 6 nitrogen and oxygen atoms in total. The van der Waals surface area contributed by atoms with Crippen LogP contribution in [0.25, 0.3) is 5.65 Å². The first-order chi connectivity index (χ1) is 13.1. The number of pyridine rings is 1. The first kappa shape index (κ1) is 20.3. The smallest absolute Gasteiger partial charge is 0.270 e. The number of aromatic nitrogens is 2. The molecule has 8 heteroatoms. The highest BCUT2D eigenvalue weighted by Crippen LogP contribution is 2.29. The summed E-state index contributed by atoms with van der Waals surface area (Å²) in [5.41, 5.74) is 2.02. The van der Waals surface area contributed by atoms with Crippen molar-refractivity contribution < 1.29 is 4.79 Å². The number of halogens is 2. The normalized spacial score (nSPS) is 16.6. The molecule has 1 unspecified atom stereocenters. The second-order valence-corrected chi connectivity index (χ2v) is 7.06. The molecule has 1 saturated heterocycles. The van der Waals surface area contributed by atoms with Crippen molar-refractivity contribution in [3.05, 3.63) is 80.9 Å². The number of piperazine rings is 1. The van der Waals surface area contributed by atoms with Crippen LogP contribution >= 0.6 is 24.0 Å². The van der Waals surface area contributed by atoms with Gasteiger partial charge in [0.15, 0.2) is 0 Å². The molecule has 146 valence electrons. The Bertz CT molecular complexity index is 1080. The Hall–Kier alpha value is -2.41. The van der Waals surface area contributed by atoms with Crippen LogP contribution in [0.2, 0.25) is 5.02 Å². The van der Waals surface area contributed by atoms with Crippen LogP contribution in [0.1, 0.15) is 27.5 Å². The van der Waals surface area contributed by atoms with Crippen molar-refractivity contribution in [2.75, 3.05) is 19.6 Å². The third-order valence-corrected chi connectivity index (χ3v) is 5.19. The van der Waals surface area contributed by atoms with Gasteiger partial charge in [-0.3, -0.25) is 14.0 Å².